The molecule has 0 radical (unpaired) electrons. The second kappa shape index (κ2) is 9.32. The highest BCUT2D eigenvalue weighted by Crippen LogP contribution is 2.36. The van der Waals surface area contributed by atoms with Gasteiger partial charge in [-0.05, 0) is 29.8 Å². The molecule has 3 rings (SSSR count). The lowest BCUT2D eigenvalue weighted by Crippen LogP contribution is -2.31. The molecule has 4 nitrogen and oxygen atoms in total. The van der Waals surface area contributed by atoms with Crippen LogP contribution in [0.4, 0.5) is 0 Å². The minimum atomic E-state index is -0.242. The average Bonchev–Trinajstić information content (AvgIpc) is 2.66. The van der Waals surface area contributed by atoms with Gasteiger partial charge in [-0.1, -0.05) is 51.8 Å². The maximum absolute atomic E-state index is 12.2. The second-order valence-corrected chi connectivity index (χ2v) is 8.27. The minimum absolute atomic E-state index is 0.0894. The smallest absolute Gasteiger partial charge is 0.225 e. The van der Waals surface area contributed by atoms with Crippen molar-refractivity contribution in [2.45, 2.75) is 12.3 Å². The largest absolute Gasteiger partial charge is 0.491 e. The van der Waals surface area contributed by atoms with Gasteiger partial charge in [-0.2, -0.15) is 5.26 Å². The first-order chi connectivity index (χ1) is 13.1. The van der Waals surface area contributed by atoms with Crippen molar-refractivity contribution in [1.82, 2.24) is 5.32 Å². The molecular weight excluding hydrogens is 448 g/mol. The fourth-order valence-corrected chi connectivity index (χ4v) is 4.31. The van der Waals surface area contributed by atoms with Gasteiger partial charge in [0.05, 0.1) is 28.3 Å². The van der Waals surface area contributed by atoms with Gasteiger partial charge >= 0.3 is 0 Å². The lowest BCUT2D eigenvalue weighted by molar-refractivity contribution is -0.120. The molecule has 1 aliphatic heterocycles. The van der Waals surface area contributed by atoms with E-state index in [1.807, 2.05) is 36.4 Å². The van der Waals surface area contributed by atoms with E-state index in [1.165, 1.54) is 11.8 Å². The number of nitrogens with zero attached hydrogens (tertiary/aromatic N) is 1. The molecule has 0 fully saturated rings. The molecule has 1 atom stereocenters. The van der Waals surface area contributed by atoms with Crippen molar-refractivity contribution in [3.8, 4) is 11.8 Å². The number of ether oxygens (including phenoxy) is 1. The summed E-state index contributed by atoms with van der Waals surface area (Å²) in [6, 6.07) is 17.3. The molecule has 0 aliphatic carbocycles. The van der Waals surface area contributed by atoms with Gasteiger partial charge in [0.25, 0.3) is 0 Å². The third kappa shape index (κ3) is 5.07. The predicted octanol–water partition coefficient (Wildman–Crippen LogP) is 5.25. The summed E-state index contributed by atoms with van der Waals surface area (Å²) < 4.78 is 6.60. The van der Waals surface area contributed by atoms with Crippen molar-refractivity contribution >= 4 is 45.2 Å². The topological polar surface area (TPSA) is 62.1 Å². The number of hydrogen-bond acceptors (Lipinski definition) is 4. The maximum atomic E-state index is 12.2. The third-order valence-electron chi connectivity index (χ3n) is 4.03. The van der Waals surface area contributed by atoms with E-state index in [0.717, 1.165) is 10.0 Å². The number of hydrogen-bond donors (Lipinski definition) is 1. The third-order valence-corrected chi connectivity index (χ3v) is 5.82. The van der Waals surface area contributed by atoms with E-state index in [-0.39, 0.29) is 18.2 Å². The first kappa shape index (κ1) is 19.8. The van der Waals surface area contributed by atoms with Crippen molar-refractivity contribution in [1.29, 1.82) is 5.26 Å². The Morgan fingerprint density at radius 1 is 1.30 bits per heavy atom. The monoisotopic (exact) mass is 462 g/mol. The van der Waals surface area contributed by atoms with Crippen molar-refractivity contribution in [2.24, 2.45) is 0 Å². The van der Waals surface area contributed by atoms with Gasteiger partial charge in [0, 0.05) is 22.6 Å². The molecular formula is C20H16BrClN2O2S. The van der Waals surface area contributed by atoms with Crippen molar-refractivity contribution in [3.63, 3.8) is 0 Å². The van der Waals surface area contributed by atoms with E-state index < -0.39 is 0 Å². The molecule has 0 unspecified atom stereocenters. The summed E-state index contributed by atoms with van der Waals surface area (Å²) in [4.78, 5) is 12.2. The lowest BCUT2D eigenvalue weighted by atomic mass is 9.87. The summed E-state index contributed by atoms with van der Waals surface area (Å²) >= 11 is 10.9. The van der Waals surface area contributed by atoms with Crippen LogP contribution in [0.15, 0.2) is 63.6 Å². The summed E-state index contributed by atoms with van der Waals surface area (Å²) in [5.41, 5.74) is 1.52. The van der Waals surface area contributed by atoms with E-state index >= 15 is 0 Å². The van der Waals surface area contributed by atoms with Crippen LogP contribution in [0, 0.1) is 11.3 Å². The first-order valence-electron chi connectivity index (χ1n) is 8.28. The molecule has 1 N–H and O–H groups in total. The van der Waals surface area contributed by atoms with Crippen LogP contribution in [0.5, 0.6) is 5.75 Å². The molecule has 0 bridgehead atoms. The molecule has 2 aromatic rings. The van der Waals surface area contributed by atoms with Gasteiger partial charge in [-0.25, -0.2) is 0 Å². The highest BCUT2D eigenvalue weighted by atomic mass is 79.9. The molecule has 27 heavy (non-hydrogen) atoms. The molecule has 0 saturated carbocycles. The number of amides is 1. The number of carbonyl (C=O) groups excluding carboxylic acids is 1. The number of thioether (sulfide) groups is 1. The number of benzene rings is 2. The number of carbonyl (C=O) groups is 1. The zero-order valence-electron chi connectivity index (χ0n) is 14.2. The molecule has 1 aliphatic rings. The molecule has 1 heterocycles. The van der Waals surface area contributed by atoms with Crippen LogP contribution in [0.25, 0.3) is 0 Å². The highest BCUT2D eigenvalue weighted by Gasteiger charge is 2.29. The van der Waals surface area contributed by atoms with E-state index in [9.17, 15) is 10.1 Å². The molecule has 0 saturated heterocycles. The van der Waals surface area contributed by atoms with E-state index in [4.69, 9.17) is 16.3 Å². The summed E-state index contributed by atoms with van der Waals surface area (Å²) in [5, 5.41) is 13.7. The van der Waals surface area contributed by atoms with Gasteiger partial charge in [-0.15, -0.1) is 11.8 Å². The second-order valence-electron chi connectivity index (χ2n) is 5.84. The number of halogens is 2. The van der Waals surface area contributed by atoms with E-state index in [1.54, 1.807) is 12.1 Å². The maximum Gasteiger partial charge on any atom is 0.225 e. The standard InChI is InChI=1S/C20H16BrClN2O2S/c21-14-5-3-4-13(10-14)15-11-19(25)24-20(16(15)12-23)27-9-8-26-18-7-2-1-6-17(18)22/h1-7,10,15H,8-9,11H2,(H,24,25)/t15-/m0/s1. The van der Waals surface area contributed by atoms with Gasteiger partial charge in [-0.3, -0.25) is 4.79 Å². The molecule has 7 heteroatoms. The van der Waals surface area contributed by atoms with Gasteiger partial charge < -0.3 is 10.1 Å². The highest BCUT2D eigenvalue weighted by molar-refractivity contribution is 9.10. The zero-order valence-corrected chi connectivity index (χ0v) is 17.4. The van der Waals surface area contributed by atoms with Crippen LogP contribution in [0.3, 0.4) is 0 Å². The van der Waals surface area contributed by atoms with E-state index in [2.05, 4.69) is 27.3 Å². The van der Waals surface area contributed by atoms with Crippen LogP contribution < -0.4 is 10.1 Å². The quantitative estimate of drug-likeness (QED) is 0.594. The molecule has 2 aromatic carbocycles. The number of allylic oxidation sites excluding steroid dienone is 1. The fourth-order valence-electron chi connectivity index (χ4n) is 2.80. The van der Waals surface area contributed by atoms with Crippen LogP contribution in [-0.4, -0.2) is 18.3 Å². The molecule has 0 spiro atoms. The number of nitrogens with one attached hydrogen (secondary N) is 1. The Kier molecular flexibility index (Phi) is 6.84. The number of para-hydroxylation sites is 1. The lowest BCUT2D eigenvalue weighted by Gasteiger charge is -2.25. The van der Waals surface area contributed by atoms with Crippen LogP contribution in [0.2, 0.25) is 5.02 Å². The number of rotatable bonds is 6. The van der Waals surface area contributed by atoms with Gasteiger partial charge in [0.15, 0.2) is 0 Å². The summed E-state index contributed by atoms with van der Waals surface area (Å²) in [7, 11) is 0. The van der Waals surface area contributed by atoms with Crippen LogP contribution in [-0.2, 0) is 4.79 Å². The summed E-state index contributed by atoms with van der Waals surface area (Å²) in [5.74, 6) is 0.868. The van der Waals surface area contributed by atoms with Crippen molar-refractivity contribution in [3.05, 3.63) is 74.2 Å². The Hall–Kier alpha value is -1.94. The average molecular weight is 464 g/mol. The van der Waals surface area contributed by atoms with Crippen LogP contribution >= 0.6 is 39.3 Å². The number of nitriles is 1. The molecule has 138 valence electrons. The molecule has 0 aromatic heterocycles. The van der Waals surface area contributed by atoms with Crippen LogP contribution in [0.1, 0.15) is 17.9 Å². The Morgan fingerprint density at radius 2 is 2.11 bits per heavy atom. The van der Waals surface area contributed by atoms with E-state index in [0.29, 0.717) is 33.7 Å². The zero-order chi connectivity index (χ0) is 19.2. The summed E-state index contributed by atoms with van der Waals surface area (Å²) in [6.45, 7) is 0.411. The van der Waals surface area contributed by atoms with Gasteiger partial charge in [0.2, 0.25) is 5.91 Å². The molecule has 1 amide bonds. The SMILES string of the molecule is N#CC1=C(SCCOc2ccccc2Cl)NC(=O)C[C@H]1c1cccc(Br)c1. The summed E-state index contributed by atoms with van der Waals surface area (Å²) in [6.07, 6.45) is 0.263. The minimum Gasteiger partial charge on any atom is -0.491 e. The first-order valence-corrected chi connectivity index (χ1v) is 10.4. The fraction of sp³-hybridized carbons (Fsp3) is 0.200. The predicted molar refractivity (Wildman–Crippen MR) is 112 cm³/mol. The Morgan fingerprint density at radius 3 is 2.85 bits per heavy atom. The Balaban J connectivity index is 1.71. The van der Waals surface area contributed by atoms with Gasteiger partial charge in [0.1, 0.15) is 5.75 Å². The Labute approximate surface area is 175 Å². The van der Waals surface area contributed by atoms with Crippen molar-refractivity contribution in [2.75, 3.05) is 12.4 Å². The van der Waals surface area contributed by atoms with Crippen molar-refractivity contribution < 1.29 is 9.53 Å². The Bertz CT molecular complexity index is 926. The normalized spacial score (nSPS) is 16.6.